The van der Waals surface area contributed by atoms with E-state index in [0.717, 1.165) is 23.4 Å². The molecule has 1 N–H and O–H groups in total. The van der Waals surface area contributed by atoms with Gasteiger partial charge in [-0.1, -0.05) is 18.2 Å². The van der Waals surface area contributed by atoms with Crippen LogP contribution in [0.5, 0.6) is 0 Å². The Morgan fingerprint density at radius 1 is 1.55 bits per heavy atom. The van der Waals surface area contributed by atoms with Crippen molar-refractivity contribution in [1.29, 1.82) is 0 Å². The zero-order chi connectivity index (χ0) is 13.8. The zero-order valence-electron chi connectivity index (χ0n) is 11.0. The number of nitrogens with zero attached hydrogens (tertiary/aromatic N) is 1. The molecule has 2 aromatic heterocycles. The van der Waals surface area contributed by atoms with Crippen molar-refractivity contribution in [2.75, 3.05) is 0 Å². The van der Waals surface area contributed by atoms with Crippen LogP contribution >= 0.6 is 11.3 Å². The molecule has 0 aromatic carbocycles. The molecular weight excluding hydrogens is 272 g/mol. The van der Waals surface area contributed by atoms with E-state index in [1.54, 1.807) is 17.6 Å². The second-order valence-corrected chi connectivity index (χ2v) is 5.82. The quantitative estimate of drug-likeness (QED) is 0.858. The van der Waals surface area contributed by atoms with Crippen LogP contribution in [-0.4, -0.2) is 10.9 Å². The molecule has 2 heterocycles. The van der Waals surface area contributed by atoms with Gasteiger partial charge in [0.25, 0.3) is 0 Å². The lowest BCUT2D eigenvalue weighted by molar-refractivity contribution is -0.121. The van der Waals surface area contributed by atoms with Gasteiger partial charge in [-0.2, -0.15) is 0 Å². The first-order valence-corrected chi connectivity index (χ1v) is 7.61. The fourth-order valence-corrected chi connectivity index (χ4v) is 2.92. The summed E-state index contributed by atoms with van der Waals surface area (Å²) in [6.45, 7) is 0.421. The van der Waals surface area contributed by atoms with Gasteiger partial charge in [0.05, 0.1) is 17.1 Å². The van der Waals surface area contributed by atoms with Crippen molar-refractivity contribution in [3.63, 3.8) is 0 Å². The minimum absolute atomic E-state index is 0.0715. The predicted octanol–water partition coefficient (Wildman–Crippen LogP) is 3.38. The summed E-state index contributed by atoms with van der Waals surface area (Å²) in [7, 11) is 0. The summed E-state index contributed by atoms with van der Waals surface area (Å²) in [4.78, 5) is 17.2. The molecule has 0 saturated heterocycles. The van der Waals surface area contributed by atoms with Gasteiger partial charge < -0.3 is 9.73 Å². The van der Waals surface area contributed by atoms with E-state index in [1.165, 1.54) is 0 Å². The van der Waals surface area contributed by atoms with Gasteiger partial charge in [0, 0.05) is 6.42 Å². The fraction of sp³-hybridized carbons (Fsp3) is 0.333. The maximum absolute atomic E-state index is 11.8. The molecule has 5 heteroatoms. The number of carbonyl (C=O) groups is 1. The summed E-state index contributed by atoms with van der Waals surface area (Å²) in [6.07, 6.45) is 8.61. The Morgan fingerprint density at radius 3 is 3.25 bits per heavy atom. The summed E-state index contributed by atoms with van der Waals surface area (Å²) in [6, 6.07) is 3.92. The number of rotatable bonds is 5. The van der Waals surface area contributed by atoms with Crippen LogP contribution in [0, 0.1) is 5.92 Å². The van der Waals surface area contributed by atoms with Crippen molar-refractivity contribution < 1.29 is 9.21 Å². The first-order valence-electron chi connectivity index (χ1n) is 6.73. The highest BCUT2D eigenvalue weighted by molar-refractivity contribution is 7.13. The van der Waals surface area contributed by atoms with E-state index in [9.17, 15) is 4.79 Å². The molecule has 0 fully saturated rings. The Balaban J connectivity index is 1.51. The molecular formula is C15H16N2O2S. The second-order valence-electron chi connectivity index (χ2n) is 4.87. The number of oxazole rings is 1. The maximum Gasteiger partial charge on any atom is 0.236 e. The molecule has 0 saturated carbocycles. The first kappa shape index (κ1) is 13.1. The number of thiophene rings is 1. The lowest BCUT2D eigenvalue weighted by Crippen LogP contribution is -2.24. The highest BCUT2D eigenvalue weighted by Gasteiger charge is 2.14. The van der Waals surface area contributed by atoms with Gasteiger partial charge in [-0.05, 0) is 30.2 Å². The number of amides is 1. The van der Waals surface area contributed by atoms with Crippen LogP contribution in [0.1, 0.15) is 25.0 Å². The zero-order valence-corrected chi connectivity index (χ0v) is 11.9. The van der Waals surface area contributed by atoms with Crippen molar-refractivity contribution in [3.05, 3.63) is 41.6 Å². The Bertz CT molecular complexity index is 601. The molecule has 3 rings (SSSR count). The minimum Gasteiger partial charge on any atom is -0.443 e. The standard InChI is InChI=1S/C15H16N2O2S/c18-14(8-11-4-1-2-5-11)16-9-12-10-19-15(17-12)13-6-3-7-20-13/h1,3-4,6-7,10-11H,2,5,8-9H2,(H,16,18)/t11-/m0/s1. The molecule has 0 radical (unpaired) electrons. The molecule has 104 valence electrons. The predicted molar refractivity (Wildman–Crippen MR) is 78.1 cm³/mol. The first-order chi connectivity index (χ1) is 9.81. The van der Waals surface area contributed by atoms with Crippen LogP contribution in [0.15, 0.2) is 40.3 Å². The SMILES string of the molecule is O=C(C[C@H]1C=CCC1)NCc1coc(-c2cccs2)n1. The summed E-state index contributed by atoms with van der Waals surface area (Å²) in [5, 5.41) is 4.87. The minimum atomic E-state index is 0.0715. The van der Waals surface area contributed by atoms with Crippen molar-refractivity contribution >= 4 is 17.2 Å². The van der Waals surface area contributed by atoms with E-state index in [1.807, 2.05) is 17.5 Å². The Morgan fingerprint density at radius 2 is 2.50 bits per heavy atom. The molecule has 1 atom stereocenters. The molecule has 0 aliphatic heterocycles. The number of allylic oxidation sites excluding steroid dienone is 2. The van der Waals surface area contributed by atoms with Crippen molar-refractivity contribution in [2.45, 2.75) is 25.8 Å². The number of nitrogens with one attached hydrogen (secondary N) is 1. The topological polar surface area (TPSA) is 55.1 Å². The number of carbonyl (C=O) groups excluding carboxylic acids is 1. The number of hydrogen-bond donors (Lipinski definition) is 1. The number of aromatic nitrogens is 1. The average Bonchev–Trinajstić information content (AvgIpc) is 3.18. The molecule has 20 heavy (non-hydrogen) atoms. The smallest absolute Gasteiger partial charge is 0.236 e. The van der Waals surface area contributed by atoms with Gasteiger partial charge >= 0.3 is 0 Å². The summed E-state index contributed by atoms with van der Waals surface area (Å²) in [5.74, 6) is 1.08. The average molecular weight is 288 g/mol. The summed E-state index contributed by atoms with van der Waals surface area (Å²) >= 11 is 1.58. The van der Waals surface area contributed by atoms with E-state index in [2.05, 4.69) is 22.5 Å². The normalized spacial score (nSPS) is 17.5. The molecule has 1 aliphatic rings. The molecule has 0 bridgehead atoms. The molecule has 0 unspecified atom stereocenters. The highest BCUT2D eigenvalue weighted by atomic mass is 32.1. The Kier molecular flexibility index (Phi) is 3.97. The van der Waals surface area contributed by atoms with Crippen LogP contribution in [-0.2, 0) is 11.3 Å². The van der Waals surface area contributed by atoms with E-state index >= 15 is 0 Å². The van der Waals surface area contributed by atoms with Crippen LogP contribution in [0.2, 0.25) is 0 Å². The molecule has 2 aromatic rings. The van der Waals surface area contributed by atoms with Crippen LogP contribution in [0.25, 0.3) is 10.8 Å². The Hall–Kier alpha value is -1.88. The van der Waals surface area contributed by atoms with E-state index in [-0.39, 0.29) is 5.91 Å². The molecule has 0 spiro atoms. The third-order valence-electron chi connectivity index (χ3n) is 3.31. The monoisotopic (exact) mass is 288 g/mol. The lowest BCUT2D eigenvalue weighted by atomic mass is 10.1. The van der Waals surface area contributed by atoms with Crippen molar-refractivity contribution in [2.24, 2.45) is 5.92 Å². The van der Waals surface area contributed by atoms with Crippen LogP contribution < -0.4 is 5.32 Å². The molecule has 1 aliphatic carbocycles. The van der Waals surface area contributed by atoms with Crippen LogP contribution in [0.3, 0.4) is 0 Å². The van der Waals surface area contributed by atoms with E-state index in [4.69, 9.17) is 4.42 Å². The van der Waals surface area contributed by atoms with E-state index < -0.39 is 0 Å². The van der Waals surface area contributed by atoms with Crippen molar-refractivity contribution in [1.82, 2.24) is 10.3 Å². The lowest BCUT2D eigenvalue weighted by Gasteiger charge is -2.07. The number of hydrogen-bond acceptors (Lipinski definition) is 4. The highest BCUT2D eigenvalue weighted by Crippen LogP contribution is 2.23. The van der Waals surface area contributed by atoms with Gasteiger partial charge in [-0.3, -0.25) is 4.79 Å². The largest absolute Gasteiger partial charge is 0.443 e. The second kappa shape index (κ2) is 6.05. The van der Waals surface area contributed by atoms with Crippen LogP contribution in [0.4, 0.5) is 0 Å². The molecule has 1 amide bonds. The van der Waals surface area contributed by atoms with Gasteiger partial charge in [0.1, 0.15) is 6.26 Å². The van der Waals surface area contributed by atoms with Gasteiger partial charge in [-0.15, -0.1) is 11.3 Å². The fourth-order valence-electron chi connectivity index (χ4n) is 2.27. The Labute approximate surface area is 121 Å². The third kappa shape index (κ3) is 3.17. The van der Waals surface area contributed by atoms with Gasteiger partial charge in [0.15, 0.2) is 0 Å². The van der Waals surface area contributed by atoms with Gasteiger partial charge in [-0.25, -0.2) is 4.98 Å². The summed E-state index contributed by atoms with van der Waals surface area (Å²) < 4.78 is 5.41. The van der Waals surface area contributed by atoms with E-state index in [0.29, 0.717) is 24.8 Å². The summed E-state index contributed by atoms with van der Waals surface area (Å²) in [5.41, 5.74) is 0.753. The van der Waals surface area contributed by atoms with Crippen molar-refractivity contribution in [3.8, 4) is 10.8 Å². The van der Waals surface area contributed by atoms with Gasteiger partial charge in [0.2, 0.25) is 11.8 Å². The third-order valence-corrected chi connectivity index (χ3v) is 4.17. The maximum atomic E-state index is 11.8. The molecule has 4 nitrogen and oxygen atoms in total.